The van der Waals surface area contributed by atoms with Crippen LogP contribution in [0.15, 0.2) is 11.0 Å². The molecular formula is C12H17FN2O5S. The van der Waals surface area contributed by atoms with Crippen LogP contribution in [0.3, 0.4) is 0 Å². The van der Waals surface area contributed by atoms with E-state index in [9.17, 15) is 22.9 Å². The number of sulfonamides is 1. The summed E-state index contributed by atoms with van der Waals surface area (Å²) in [5.74, 6) is -1.07. The largest absolute Gasteiger partial charge is 0.396 e. The van der Waals surface area contributed by atoms with Gasteiger partial charge in [0.25, 0.3) is 0 Å². The van der Waals surface area contributed by atoms with Gasteiger partial charge >= 0.3 is 5.69 Å². The maximum absolute atomic E-state index is 13.6. The number of benzene rings is 1. The molecule has 7 nitrogen and oxygen atoms in total. The SMILES string of the molecule is Cc1cc(F)c([N+](=O)[O-])c(C)c1S(=O)(=O)NC(C)CCO. The van der Waals surface area contributed by atoms with Crippen LogP contribution in [0.25, 0.3) is 0 Å². The molecule has 0 radical (unpaired) electrons. The van der Waals surface area contributed by atoms with Crippen molar-refractivity contribution in [2.45, 2.75) is 38.1 Å². The first-order valence-corrected chi connectivity index (χ1v) is 7.67. The van der Waals surface area contributed by atoms with Gasteiger partial charge in [-0.15, -0.1) is 0 Å². The minimum Gasteiger partial charge on any atom is -0.396 e. The van der Waals surface area contributed by atoms with E-state index >= 15 is 0 Å². The molecule has 1 rings (SSSR count). The number of nitro groups is 1. The Labute approximate surface area is 122 Å². The number of hydrogen-bond donors (Lipinski definition) is 2. The molecule has 2 N–H and O–H groups in total. The molecule has 0 amide bonds. The van der Waals surface area contributed by atoms with E-state index in [0.717, 1.165) is 6.07 Å². The molecule has 0 fully saturated rings. The van der Waals surface area contributed by atoms with Crippen LogP contribution in [-0.4, -0.2) is 31.1 Å². The molecular weight excluding hydrogens is 303 g/mol. The van der Waals surface area contributed by atoms with Crippen molar-refractivity contribution < 1.29 is 22.8 Å². The second kappa shape index (κ2) is 6.46. The molecule has 0 bridgehead atoms. The van der Waals surface area contributed by atoms with Gasteiger partial charge in [-0.1, -0.05) is 0 Å². The van der Waals surface area contributed by atoms with Gasteiger partial charge in [-0.2, -0.15) is 4.39 Å². The molecule has 0 saturated carbocycles. The van der Waals surface area contributed by atoms with Crippen molar-refractivity contribution in [1.82, 2.24) is 4.72 Å². The zero-order chi connectivity index (χ0) is 16.4. The number of hydrogen-bond acceptors (Lipinski definition) is 5. The third-order valence-electron chi connectivity index (χ3n) is 2.99. The minimum atomic E-state index is -4.05. The lowest BCUT2D eigenvalue weighted by molar-refractivity contribution is -0.388. The highest BCUT2D eigenvalue weighted by Gasteiger charge is 2.30. The molecule has 1 aromatic carbocycles. The first kappa shape index (κ1) is 17.5. The lowest BCUT2D eigenvalue weighted by Gasteiger charge is -2.16. The molecule has 9 heteroatoms. The van der Waals surface area contributed by atoms with Crippen LogP contribution in [0.4, 0.5) is 10.1 Å². The van der Waals surface area contributed by atoms with Crippen LogP contribution in [0.5, 0.6) is 0 Å². The third kappa shape index (κ3) is 3.74. The molecule has 0 heterocycles. The third-order valence-corrected chi connectivity index (χ3v) is 4.87. The van der Waals surface area contributed by atoms with Crippen LogP contribution in [0, 0.1) is 29.8 Å². The van der Waals surface area contributed by atoms with Gasteiger partial charge in [0.1, 0.15) is 0 Å². The summed E-state index contributed by atoms with van der Waals surface area (Å²) in [6.45, 7) is 3.91. The average molecular weight is 320 g/mol. The highest BCUT2D eigenvalue weighted by Crippen LogP contribution is 2.31. The van der Waals surface area contributed by atoms with Crippen molar-refractivity contribution in [2.75, 3.05) is 6.61 Å². The summed E-state index contributed by atoms with van der Waals surface area (Å²) in [6.07, 6.45) is 0.195. The number of aliphatic hydroxyl groups is 1. The summed E-state index contributed by atoms with van der Waals surface area (Å²) in [4.78, 5) is 9.63. The van der Waals surface area contributed by atoms with E-state index in [2.05, 4.69) is 4.72 Å². The van der Waals surface area contributed by atoms with E-state index in [1.807, 2.05) is 0 Å². The minimum absolute atomic E-state index is 0.0827. The lowest BCUT2D eigenvalue weighted by Crippen LogP contribution is -2.34. The van der Waals surface area contributed by atoms with Crippen molar-refractivity contribution in [3.05, 3.63) is 33.1 Å². The van der Waals surface area contributed by atoms with E-state index in [1.54, 1.807) is 6.92 Å². The van der Waals surface area contributed by atoms with E-state index in [1.165, 1.54) is 13.8 Å². The molecule has 0 aliphatic heterocycles. The first-order chi connectivity index (χ1) is 9.61. The highest BCUT2D eigenvalue weighted by molar-refractivity contribution is 7.89. The summed E-state index contributed by atoms with van der Waals surface area (Å²) in [6, 6.07) is 0.277. The Morgan fingerprint density at radius 3 is 2.52 bits per heavy atom. The fourth-order valence-corrected chi connectivity index (χ4v) is 3.87. The zero-order valence-electron chi connectivity index (χ0n) is 11.9. The van der Waals surface area contributed by atoms with Gasteiger partial charge in [-0.05, 0) is 38.8 Å². The van der Waals surface area contributed by atoms with Gasteiger partial charge < -0.3 is 5.11 Å². The highest BCUT2D eigenvalue weighted by atomic mass is 32.2. The molecule has 0 aliphatic rings. The molecule has 21 heavy (non-hydrogen) atoms. The van der Waals surface area contributed by atoms with Gasteiger partial charge in [0.15, 0.2) is 0 Å². The van der Waals surface area contributed by atoms with E-state index in [-0.39, 0.29) is 29.1 Å². The van der Waals surface area contributed by atoms with Crippen molar-refractivity contribution in [3.8, 4) is 0 Å². The van der Waals surface area contributed by atoms with Gasteiger partial charge in [0.05, 0.1) is 15.4 Å². The standard InChI is InChI=1S/C12H17FN2O5S/c1-7-6-10(13)11(15(17)18)9(3)12(7)21(19,20)14-8(2)4-5-16/h6,8,14,16H,4-5H2,1-3H3. The van der Waals surface area contributed by atoms with Crippen molar-refractivity contribution in [2.24, 2.45) is 0 Å². The van der Waals surface area contributed by atoms with Crippen LogP contribution in [-0.2, 0) is 10.0 Å². The van der Waals surface area contributed by atoms with Gasteiger partial charge in [-0.3, -0.25) is 10.1 Å². The fraction of sp³-hybridized carbons (Fsp3) is 0.500. The quantitative estimate of drug-likeness (QED) is 0.608. The Morgan fingerprint density at radius 2 is 2.05 bits per heavy atom. The summed E-state index contributed by atoms with van der Waals surface area (Å²) in [5.41, 5.74) is -1.02. The molecule has 0 spiro atoms. The van der Waals surface area contributed by atoms with E-state index < -0.39 is 32.5 Å². The summed E-state index contributed by atoms with van der Waals surface area (Å²) < 4.78 is 40.5. The number of nitrogens with one attached hydrogen (secondary N) is 1. The fourth-order valence-electron chi connectivity index (χ4n) is 2.12. The molecule has 118 valence electrons. The molecule has 0 aliphatic carbocycles. The predicted molar refractivity (Wildman–Crippen MR) is 74.0 cm³/mol. The number of aryl methyl sites for hydroxylation is 1. The molecule has 1 atom stereocenters. The first-order valence-electron chi connectivity index (χ1n) is 6.19. The number of aliphatic hydroxyl groups excluding tert-OH is 1. The molecule has 1 unspecified atom stereocenters. The molecule has 0 saturated heterocycles. The van der Waals surface area contributed by atoms with E-state index in [0.29, 0.717) is 0 Å². The maximum Gasteiger partial charge on any atom is 0.309 e. The number of halogens is 1. The number of rotatable bonds is 6. The van der Waals surface area contributed by atoms with Gasteiger partial charge in [0.2, 0.25) is 15.8 Å². The van der Waals surface area contributed by atoms with Crippen LogP contribution >= 0.6 is 0 Å². The van der Waals surface area contributed by atoms with E-state index in [4.69, 9.17) is 5.11 Å². The second-order valence-electron chi connectivity index (χ2n) is 4.77. The predicted octanol–water partition coefficient (Wildman–Crippen LogP) is 1.40. The van der Waals surface area contributed by atoms with Crippen LogP contribution < -0.4 is 4.72 Å². The average Bonchev–Trinajstić information content (AvgIpc) is 2.25. The zero-order valence-corrected chi connectivity index (χ0v) is 12.7. The van der Waals surface area contributed by atoms with Crippen molar-refractivity contribution in [3.63, 3.8) is 0 Å². The normalized spacial score (nSPS) is 13.2. The second-order valence-corrected chi connectivity index (χ2v) is 6.42. The van der Waals surface area contributed by atoms with Gasteiger partial charge in [-0.25, -0.2) is 13.1 Å². The summed E-state index contributed by atoms with van der Waals surface area (Å²) >= 11 is 0. The Bertz CT molecular complexity index is 660. The topological polar surface area (TPSA) is 110 Å². The Hall–Kier alpha value is -1.58. The van der Waals surface area contributed by atoms with Gasteiger partial charge in [0, 0.05) is 12.6 Å². The monoisotopic (exact) mass is 320 g/mol. The Morgan fingerprint density at radius 1 is 1.48 bits per heavy atom. The number of nitro benzene ring substituents is 1. The Balaban J connectivity index is 3.43. The molecule has 1 aromatic rings. The molecule has 0 aromatic heterocycles. The van der Waals surface area contributed by atoms with Crippen molar-refractivity contribution in [1.29, 1.82) is 0 Å². The smallest absolute Gasteiger partial charge is 0.309 e. The summed E-state index contributed by atoms with van der Waals surface area (Å²) in [7, 11) is -4.05. The lowest BCUT2D eigenvalue weighted by atomic mass is 10.1. The number of nitrogens with zero attached hydrogens (tertiary/aromatic N) is 1. The summed E-state index contributed by atoms with van der Waals surface area (Å²) in [5, 5.41) is 19.7. The maximum atomic E-state index is 13.6. The van der Waals surface area contributed by atoms with Crippen LogP contribution in [0.1, 0.15) is 24.5 Å². The van der Waals surface area contributed by atoms with Crippen molar-refractivity contribution >= 4 is 15.7 Å². The van der Waals surface area contributed by atoms with Crippen LogP contribution in [0.2, 0.25) is 0 Å². The Kier molecular flexibility index (Phi) is 5.37.